The minimum atomic E-state index is -0.0758. The number of rotatable bonds is 9. The van der Waals surface area contributed by atoms with Crippen LogP contribution in [0.2, 0.25) is 0 Å². The Bertz CT molecular complexity index is 552. The normalized spacial score (nSPS) is 10.6. The van der Waals surface area contributed by atoms with E-state index in [0.717, 1.165) is 30.0 Å². The monoisotopic (exact) mass is 301 g/mol. The van der Waals surface area contributed by atoms with E-state index in [1.807, 2.05) is 30.4 Å². The maximum Gasteiger partial charge on any atom is 0.211 e. The number of methoxy groups -OCH3 is 1. The Labute approximate surface area is 131 Å². The highest BCUT2D eigenvalue weighted by atomic mass is 16.5. The van der Waals surface area contributed by atoms with E-state index in [0.29, 0.717) is 6.54 Å². The third-order valence-electron chi connectivity index (χ3n) is 2.85. The lowest BCUT2D eigenvalue weighted by Crippen LogP contribution is -2.23. The second-order valence-electron chi connectivity index (χ2n) is 4.61. The predicted molar refractivity (Wildman–Crippen MR) is 92.1 cm³/mol. The first-order valence-corrected chi connectivity index (χ1v) is 6.83. The van der Waals surface area contributed by atoms with Gasteiger partial charge in [-0.25, -0.2) is 0 Å². The maximum absolute atomic E-state index is 5.41. The van der Waals surface area contributed by atoms with Crippen molar-refractivity contribution >= 4 is 12.2 Å². The van der Waals surface area contributed by atoms with Crippen LogP contribution in [0.1, 0.15) is 11.1 Å². The molecule has 0 radical (unpaired) electrons. The van der Waals surface area contributed by atoms with Gasteiger partial charge >= 0.3 is 0 Å². The van der Waals surface area contributed by atoms with Crippen LogP contribution in [0.25, 0.3) is 0 Å². The Kier molecular flexibility index (Phi) is 7.42. The van der Waals surface area contributed by atoms with Crippen LogP contribution in [0.4, 0.5) is 0 Å². The van der Waals surface area contributed by atoms with Crippen LogP contribution in [0.3, 0.4) is 0 Å². The van der Waals surface area contributed by atoms with Gasteiger partial charge in [-0.1, -0.05) is 12.2 Å². The fourth-order valence-electron chi connectivity index (χ4n) is 1.97. The summed E-state index contributed by atoms with van der Waals surface area (Å²) in [7, 11) is 1.65. The summed E-state index contributed by atoms with van der Waals surface area (Å²) in [5.41, 5.74) is 12.4. The highest BCUT2D eigenvalue weighted by Gasteiger charge is 2.08. The molecule has 0 aliphatic rings. The molecule has 0 bridgehead atoms. The molecule has 1 aromatic rings. The number of nitrogens with zero attached hydrogens (tertiary/aromatic N) is 3. The number of hydrogen-bond acceptors (Lipinski definition) is 4. The van der Waals surface area contributed by atoms with Gasteiger partial charge < -0.3 is 16.2 Å². The maximum atomic E-state index is 5.41. The molecule has 0 spiro atoms. The van der Waals surface area contributed by atoms with Gasteiger partial charge in [0.2, 0.25) is 5.96 Å². The highest BCUT2D eigenvalue weighted by molar-refractivity contribution is 5.82. The van der Waals surface area contributed by atoms with Crippen molar-refractivity contribution in [1.82, 2.24) is 4.90 Å². The molecule has 0 atom stereocenters. The third kappa shape index (κ3) is 5.80. The molecule has 1 aromatic carbocycles. The number of nitrogens with two attached hydrogens (primary N) is 2. The van der Waals surface area contributed by atoms with Gasteiger partial charge in [0.15, 0.2) is 0 Å². The van der Waals surface area contributed by atoms with E-state index in [9.17, 15) is 0 Å². The molecule has 22 heavy (non-hydrogen) atoms. The number of hydrogen-bond donors (Lipinski definition) is 2. The lowest BCUT2D eigenvalue weighted by molar-refractivity contribution is 0.317. The third-order valence-corrected chi connectivity index (χ3v) is 2.85. The van der Waals surface area contributed by atoms with Crippen molar-refractivity contribution in [2.45, 2.75) is 6.54 Å². The van der Waals surface area contributed by atoms with Gasteiger partial charge in [-0.3, -0.25) is 4.90 Å². The number of benzene rings is 1. The number of ether oxygens (including phenoxy) is 1. The molecule has 0 saturated carbocycles. The second kappa shape index (κ2) is 9.36. The topological polar surface area (TPSA) is 89.2 Å². The largest absolute Gasteiger partial charge is 0.496 e. The predicted octanol–water partition coefficient (Wildman–Crippen LogP) is 1.48. The Hall–Kier alpha value is -2.60. The molecule has 0 fully saturated rings. The van der Waals surface area contributed by atoms with Crippen molar-refractivity contribution in [1.29, 1.82) is 0 Å². The van der Waals surface area contributed by atoms with Crippen molar-refractivity contribution in [3.63, 3.8) is 0 Å². The van der Waals surface area contributed by atoms with Gasteiger partial charge in [0.05, 0.1) is 13.3 Å². The zero-order valence-electron chi connectivity index (χ0n) is 12.9. The minimum Gasteiger partial charge on any atom is -0.496 e. The van der Waals surface area contributed by atoms with E-state index in [1.54, 1.807) is 13.3 Å². The SMILES string of the molecule is C=CCN(CC=C)Cc1cc(C=NN=C(N)N)ccc1OC. The molecule has 6 nitrogen and oxygen atoms in total. The van der Waals surface area contributed by atoms with Gasteiger partial charge in [-0.05, 0) is 23.8 Å². The zero-order chi connectivity index (χ0) is 16.4. The lowest BCUT2D eigenvalue weighted by atomic mass is 10.1. The molecule has 1 rings (SSSR count). The Morgan fingerprint density at radius 1 is 1.27 bits per heavy atom. The van der Waals surface area contributed by atoms with Crippen LogP contribution < -0.4 is 16.2 Å². The van der Waals surface area contributed by atoms with E-state index in [4.69, 9.17) is 16.2 Å². The Morgan fingerprint density at radius 2 is 1.95 bits per heavy atom. The van der Waals surface area contributed by atoms with Gasteiger partial charge in [0.25, 0.3) is 0 Å². The fourth-order valence-corrected chi connectivity index (χ4v) is 1.97. The first kappa shape index (κ1) is 17.5. The number of guanidine groups is 1. The van der Waals surface area contributed by atoms with Crippen LogP contribution in [-0.2, 0) is 6.54 Å². The van der Waals surface area contributed by atoms with Crippen LogP contribution in [0.15, 0.2) is 53.7 Å². The molecule has 0 saturated heterocycles. The van der Waals surface area contributed by atoms with Crippen LogP contribution in [0.5, 0.6) is 5.75 Å². The minimum absolute atomic E-state index is 0.0758. The summed E-state index contributed by atoms with van der Waals surface area (Å²) in [6.07, 6.45) is 5.31. The van der Waals surface area contributed by atoms with E-state index in [-0.39, 0.29) is 5.96 Å². The summed E-state index contributed by atoms with van der Waals surface area (Å²) in [6.45, 7) is 9.79. The van der Waals surface area contributed by atoms with Gasteiger partial charge in [0.1, 0.15) is 5.75 Å². The lowest BCUT2D eigenvalue weighted by Gasteiger charge is -2.20. The van der Waals surface area contributed by atoms with Crippen molar-refractivity contribution in [2.75, 3.05) is 20.2 Å². The molecule has 118 valence electrons. The highest BCUT2D eigenvalue weighted by Crippen LogP contribution is 2.21. The van der Waals surface area contributed by atoms with E-state index in [2.05, 4.69) is 28.3 Å². The van der Waals surface area contributed by atoms with Gasteiger partial charge in [-0.15, -0.1) is 18.3 Å². The van der Waals surface area contributed by atoms with Crippen molar-refractivity contribution in [2.24, 2.45) is 21.7 Å². The second-order valence-corrected chi connectivity index (χ2v) is 4.61. The van der Waals surface area contributed by atoms with Crippen molar-refractivity contribution in [3.8, 4) is 5.75 Å². The summed E-state index contributed by atoms with van der Waals surface area (Å²) in [5.74, 6) is 0.741. The smallest absolute Gasteiger partial charge is 0.211 e. The molecule has 6 heteroatoms. The van der Waals surface area contributed by atoms with E-state index in [1.165, 1.54) is 0 Å². The van der Waals surface area contributed by atoms with Gasteiger partial charge in [0, 0.05) is 25.2 Å². The van der Waals surface area contributed by atoms with E-state index >= 15 is 0 Å². The van der Waals surface area contributed by atoms with Gasteiger partial charge in [-0.2, -0.15) is 5.10 Å². The summed E-state index contributed by atoms with van der Waals surface area (Å²) in [4.78, 5) is 2.19. The Morgan fingerprint density at radius 3 is 2.50 bits per heavy atom. The quantitative estimate of drug-likeness (QED) is 0.313. The molecule has 0 heterocycles. The molecule has 0 aliphatic heterocycles. The first-order chi connectivity index (χ1) is 10.6. The standard InChI is InChI=1S/C16H23N5O/c1-4-8-21(9-5-2)12-14-10-13(6-7-15(14)22-3)11-19-20-16(17)18/h4-7,10-11H,1-2,8-9,12H2,3H3,(H4,17,18,20). The zero-order valence-corrected chi connectivity index (χ0v) is 12.9. The Balaban J connectivity index is 2.99. The molecule has 0 aromatic heterocycles. The van der Waals surface area contributed by atoms with Crippen molar-refractivity contribution in [3.05, 3.63) is 54.6 Å². The summed E-state index contributed by atoms with van der Waals surface area (Å²) < 4.78 is 5.41. The summed E-state index contributed by atoms with van der Waals surface area (Å²) >= 11 is 0. The average molecular weight is 301 g/mol. The molecular formula is C16H23N5O. The van der Waals surface area contributed by atoms with Crippen LogP contribution in [0, 0.1) is 0 Å². The average Bonchev–Trinajstić information content (AvgIpc) is 2.48. The van der Waals surface area contributed by atoms with E-state index < -0.39 is 0 Å². The summed E-state index contributed by atoms with van der Waals surface area (Å²) in [5, 5.41) is 7.40. The molecule has 0 unspecified atom stereocenters. The fraction of sp³-hybridized carbons (Fsp3) is 0.250. The van der Waals surface area contributed by atoms with Crippen LogP contribution in [-0.4, -0.2) is 37.3 Å². The molecule has 0 aliphatic carbocycles. The molecule has 4 N–H and O–H groups in total. The summed E-state index contributed by atoms with van der Waals surface area (Å²) in [6, 6.07) is 5.77. The molecular weight excluding hydrogens is 278 g/mol. The van der Waals surface area contributed by atoms with Crippen molar-refractivity contribution < 1.29 is 4.74 Å². The van der Waals surface area contributed by atoms with Crippen LogP contribution >= 0.6 is 0 Å². The molecule has 0 amide bonds. The first-order valence-electron chi connectivity index (χ1n) is 6.83.